The summed E-state index contributed by atoms with van der Waals surface area (Å²) in [6.07, 6.45) is 5.90. The molecule has 27 heavy (non-hydrogen) atoms. The van der Waals surface area contributed by atoms with Crippen molar-refractivity contribution in [1.82, 2.24) is 14.8 Å². The zero-order valence-corrected chi connectivity index (χ0v) is 15.9. The monoisotopic (exact) mass is 365 g/mol. The number of amides is 2. The summed E-state index contributed by atoms with van der Waals surface area (Å²) < 4.78 is 0. The number of benzene rings is 1. The molecule has 2 heterocycles. The Bertz CT molecular complexity index is 749. The van der Waals surface area contributed by atoms with E-state index in [0.29, 0.717) is 38.9 Å². The fourth-order valence-electron chi connectivity index (χ4n) is 3.55. The Hall–Kier alpha value is -2.69. The zero-order valence-electron chi connectivity index (χ0n) is 15.9. The van der Waals surface area contributed by atoms with Crippen molar-refractivity contribution < 1.29 is 9.59 Å². The number of hydrogen-bond acceptors (Lipinski definition) is 3. The molecule has 5 nitrogen and oxygen atoms in total. The molecule has 1 atom stereocenters. The normalized spacial score (nSPS) is 17.7. The van der Waals surface area contributed by atoms with Crippen molar-refractivity contribution in [3.63, 3.8) is 0 Å². The molecule has 1 aromatic carbocycles. The molecule has 0 bridgehead atoms. The van der Waals surface area contributed by atoms with Crippen LogP contribution in [0.3, 0.4) is 0 Å². The Morgan fingerprint density at radius 2 is 1.93 bits per heavy atom. The average molecular weight is 365 g/mol. The van der Waals surface area contributed by atoms with Crippen molar-refractivity contribution in [1.29, 1.82) is 0 Å². The van der Waals surface area contributed by atoms with Gasteiger partial charge in [-0.05, 0) is 30.0 Å². The molecule has 0 aliphatic carbocycles. The van der Waals surface area contributed by atoms with Crippen LogP contribution in [0.4, 0.5) is 0 Å². The number of pyridine rings is 1. The van der Waals surface area contributed by atoms with Crippen molar-refractivity contribution in [2.75, 3.05) is 13.1 Å². The minimum atomic E-state index is 0.0579. The van der Waals surface area contributed by atoms with Crippen molar-refractivity contribution >= 4 is 11.8 Å². The van der Waals surface area contributed by atoms with E-state index in [0.717, 1.165) is 17.5 Å². The number of aromatic nitrogens is 1. The highest BCUT2D eigenvalue weighted by atomic mass is 16.2. The van der Waals surface area contributed by atoms with Gasteiger partial charge in [0.25, 0.3) is 0 Å². The SMILES string of the molecule is CCC1CN(C(=O)CCc2cccnc2)CCC(=O)N1Cc1ccccc1. The first-order chi connectivity index (χ1) is 13.2. The minimum absolute atomic E-state index is 0.0579. The molecule has 142 valence electrons. The van der Waals surface area contributed by atoms with Gasteiger partial charge in [-0.25, -0.2) is 0 Å². The Kier molecular flexibility index (Phi) is 6.58. The highest BCUT2D eigenvalue weighted by Crippen LogP contribution is 2.18. The summed E-state index contributed by atoms with van der Waals surface area (Å²) in [6, 6.07) is 14.0. The predicted octanol–water partition coefficient (Wildman–Crippen LogP) is 3.05. The lowest BCUT2D eigenvalue weighted by Crippen LogP contribution is -2.43. The first kappa shape index (κ1) is 19.1. The van der Waals surface area contributed by atoms with Crippen LogP contribution in [-0.2, 0) is 22.6 Å². The van der Waals surface area contributed by atoms with Crippen LogP contribution < -0.4 is 0 Å². The van der Waals surface area contributed by atoms with Crippen molar-refractivity contribution in [3.8, 4) is 0 Å². The minimum Gasteiger partial charge on any atom is -0.340 e. The van der Waals surface area contributed by atoms with Crippen LogP contribution in [0.5, 0.6) is 0 Å². The van der Waals surface area contributed by atoms with Crippen molar-refractivity contribution in [2.24, 2.45) is 0 Å². The maximum atomic E-state index is 12.7. The first-order valence-corrected chi connectivity index (χ1v) is 9.67. The van der Waals surface area contributed by atoms with Gasteiger partial charge >= 0.3 is 0 Å². The van der Waals surface area contributed by atoms with E-state index in [4.69, 9.17) is 0 Å². The lowest BCUT2D eigenvalue weighted by molar-refractivity contribution is -0.133. The Labute approximate surface area is 161 Å². The van der Waals surface area contributed by atoms with Crippen LogP contribution in [0.1, 0.15) is 37.3 Å². The summed E-state index contributed by atoms with van der Waals surface area (Å²) in [5.41, 5.74) is 2.19. The molecule has 5 heteroatoms. The standard InChI is InChI=1S/C22H27N3O2/c1-2-20-17-24(21(26)11-10-18-9-6-13-23-15-18)14-12-22(27)25(20)16-19-7-4-3-5-8-19/h3-9,13,15,20H,2,10-12,14,16-17H2,1H3. The number of aryl methyl sites for hydroxylation is 1. The molecule has 1 saturated heterocycles. The van der Waals surface area contributed by atoms with Gasteiger partial charge in [-0.15, -0.1) is 0 Å². The summed E-state index contributed by atoms with van der Waals surface area (Å²) in [5, 5.41) is 0. The van der Waals surface area contributed by atoms with E-state index in [2.05, 4.69) is 11.9 Å². The molecule has 0 spiro atoms. The van der Waals surface area contributed by atoms with Gasteiger partial charge in [0.1, 0.15) is 0 Å². The average Bonchev–Trinajstić information content (AvgIpc) is 2.87. The third-order valence-electron chi connectivity index (χ3n) is 5.16. The van der Waals surface area contributed by atoms with E-state index in [1.165, 1.54) is 0 Å². The summed E-state index contributed by atoms with van der Waals surface area (Å²) in [5.74, 6) is 0.250. The summed E-state index contributed by atoms with van der Waals surface area (Å²) in [6.45, 7) is 3.81. The molecule has 2 amide bonds. The second-order valence-electron chi connectivity index (χ2n) is 7.02. The fraction of sp³-hybridized carbons (Fsp3) is 0.409. The van der Waals surface area contributed by atoms with Crippen LogP contribution in [0.25, 0.3) is 0 Å². The van der Waals surface area contributed by atoms with Gasteiger partial charge < -0.3 is 9.80 Å². The second-order valence-corrected chi connectivity index (χ2v) is 7.02. The molecule has 0 N–H and O–H groups in total. The Morgan fingerprint density at radius 1 is 1.15 bits per heavy atom. The van der Waals surface area contributed by atoms with Crippen LogP contribution in [-0.4, -0.2) is 45.7 Å². The Morgan fingerprint density at radius 3 is 2.63 bits per heavy atom. The van der Waals surface area contributed by atoms with Gasteiger partial charge in [0.05, 0.1) is 0 Å². The van der Waals surface area contributed by atoms with Crippen LogP contribution in [0, 0.1) is 0 Å². The fourth-order valence-corrected chi connectivity index (χ4v) is 3.55. The van der Waals surface area contributed by atoms with Gasteiger partial charge in [-0.2, -0.15) is 0 Å². The Balaban J connectivity index is 1.64. The van der Waals surface area contributed by atoms with Gasteiger partial charge in [-0.1, -0.05) is 43.3 Å². The van der Waals surface area contributed by atoms with Gasteiger partial charge in [0.15, 0.2) is 0 Å². The summed E-state index contributed by atoms with van der Waals surface area (Å²) in [7, 11) is 0. The molecule has 1 unspecified atom stereocenters. The van der Waals surface area contributed by atoms with E-state index in [1.807, 2.05) is 52.3 Å². The largest absolute Gasteiger partial charge is 0.340 e. The lowest BCUT2D eigenvalue weighted by atomic mass is 10.1. The first-order valence-electron chi connectivity index (χ1n) is 9.67. The summed E-state index contributed by atoms with van der Waals surface area (Å²) >= 11 is 0. The molecular weight excluding hydrogens is 338 g/mol. The number of carbonyl (C=O) groups excluding carboxylic acids is 2. The van der Waals surface area contributed by atoms with Crippen LogP contribution >= 0.6 is 0 Å². The topological polar surface area (TPSA) is 53.5 Å². The van der Waals surface area contributed by atoms with Crippen LogP contribution in [0.2, 0.25) is 0 Å². The van der Waals surface area contributed by atoms with Gasteiger partial charge in [0.2, 0.25) is 11.8 Å². The van der Waals surface area contributed by atoms with Gasteiger partial charge in [0, 0.05) is 50.9 Å². The third-order valence-corrected chi connectivity index (χ3v) is 5.16. The summed E-state index contributed by atoms with van der Waals surface area (Å²) in [4.78, 5) is 33.4. The smallest absolute Gasteiger partial charge is 0.224 e. The highest BCUT2D eigenvalue weighted by molar-refractivity contribution is 5.80. The third kappa shape index (κ3) is 5.16. The highest BCUT2D eigenvalue weighted by Gasteiger charge is 2.30. The van der Waals surface area contributed by atoms with Gasteiger partial charge in [-0.3, -0.25) is 14.6 Å². The second kappa shape index (κ2) is 9.31. The zero-order chi connectivity index (χ0) is 19.1. The number of rotatable bonds is 6. The number of carbonyl (C=O) groups is 2. The van der Waals surface area contributed by atoms with E-state index in [9.17, 15) is 9.59 Å². The molecule has 2 aromatic rings. The van der Waals surface area contributed by atoms with E-state index < -0.39 is 0 Å². The van der Waals surface area contributed by atoms with Crippen LogP contribution in [0.15, 0.2) is 54.9 Å². The predicted molar refractivity (Wildman–Crippen MR) is 105 cm³/mol. The molecule has 1 aliphatic rings. The maximum Gasteiger partial charge on any atom is 0.224 e. The number of hydrogen-bond donors (Lipinski definition) is 0. The van der Waals surface area contributed by atoms with E-state index in [-0.39, 0.29) is 17.9 Å². The lowest BCUT2D eigenvalue weighted by Gasteiger charge is -2.31. The molecule has 0 radical (unpaired) electrons. The molecular formula is C22H27N3O2. The molecule has 1 aliphatic heterocycles. The van der Waals surface area contributed by atoms with E-state index in [1.54, 1.807) is 12.4 Å². The molecule has 3 rings (SSSR count). The van der Waals surface area contributed by atoms with E-state index >= 15 is 0 Å². The number of nitrogens with zero attached hydrogens (tertiary/aromatic N) is 3. The molecule has 1 aromatic heterocycles. The molecule has 0 saturated carbocycles. The van der Waals surface area contributed by atoms with Crippen molar-refractivity contribution in [2.45, 2.75) is 45.2 Å². The molecule has 1 fully saturated rings. The quantitative estimate of drug-likeness (QED) is 0.791. The van der Waals surface area contributed by atoms with Crippen molar-refractivity contribution in [3.05, 3.63) is 66.0 Å². The maximum absolute atomic E-state index is 12.7.